The number of hydrogen-bond donors (Lipinski definition) is 2. The Hall–Kier alpha value is -2.95. The molecule has 0 fully saturated rings. The standard InChI is InChI=1S/C19H21N3O2/c1-2-3-19(24)22-17-7-4-16(5-8-17)14-21-18(23)9-6-15-10-12-20-13-11-15/h4-13H,2-3,14H2,1H3,(H,21,23)(H,22,24)/b9-6+. The van der Waals surface area contributed by atoms with E-state index in [1.807, 2.05) is 43.3 Å². The van der Waals surface area contributed by atoms with Crippen LogP contribution in [-0.2, 0) is 16.1 Å². The first-order valence-electron chi connectivity index (χ1n) is 7.92. The molecule has 1 aromatic heterocycles. The van der Waals surface area contributed by atoms with Crippen LogP contribution in [0.1, 0.15) is 30.9 Å². The highest BCUT2D eigenvalue weighted by atomic mass is 16.2. The fourth-order valence-electron chi connectivity index (χ4n) is 2.05. The van der Waals surface area contributed by atoms with E-state index in [2.05, 4.69) is 15.6 Å². The average molecular weight is 323 g/mol. The summed E-state index contributed by atoms with van der Waals surface area (Å²) in [5, 5.41) is 5.65. The van der Waals surface area contributed by atoms with E-state index in [0.717, 1.165) is 23.2 Å². The second-order valence-corrected chi connectivity index (χ2v) is 5.33. The van der Waals surface area contributed by atoms with Crippen LogP contribution in [0.4, 0.5) is 5.69 Å². The van der Waals surface area contributed by atoms with Gasteiger partial charge in [-0.05, 0) is 47.9 Å². The molecule has 0 bridgehead atoms. The van der Waals surface area contributed by atoms with Crippen LogP contribution in [0.5, 0.6) is 0 Å². The molecular weight excluding hydrogens is 302 g/mol. The molecule has 24 heavy (non-hydrogen) atoms. The molecule has 0 aliphatic rings. The number of rotatable bonds is 7. The summed E-state index contributed by atoms with van der Waals surface area (Å²) in [4.78, 5) is 27.2. The number of nitrogens with zero attached hydrogens (tertiary/aromatic N) is 1. The van der Waals surface area contributed by atoms with Crippen molar-refractivity contribution in [3.8, 4) is 0 Å². The molecule has 2 aromatic rings. The minimum Gasteiger partial charge on any atom is -0.348 e. The van der Waals surface area contributed by atoms with Crippen LogP contribution >= 0.6 is 0 Å². The maximum absolute atomic E-state index is 11.8. The summed E-state index contributed by atoms with van der Waals surface area (Å²) in [5.74, 6) is -0.146. The lowest BCUT2D eigenvalue weighted by Gasteiger charge is -2.06. The smallest absolute Gasteiger partial charge is 0.244 e. The molecular formula is C19H21N3O2. The molecule has 0 aliphatic heterocycles. The molecule has 0 saturated carbocycles. The summed E-state index contributed by atoms with van der Waals surface area (Å²) in [6.07, 6.45) is 7.93. The van der Waals surface area contributed by atoms with Crippen LogP contribution in [0.3, 0.4) is 0 Å². The van der Waals surface area contributed by atoms with Gasteiger partial charge in [0.1, 0.15) is 0 Å². The van der Waals surface area contributed by atoms with Gasteiger partial charge >= 0.3 is 0 Å². The van der Waals surface area contributed by atoms with Crippen LogP contribution in [0.15, 0.2) is 54.9 Å². The third kappa shape index (κ3) is 6.04. The Morgan fingerprint density at radius 3 is 2.46 bits per heavy atom. The van der Waals surface area contributed by atoms with Crippen molar-refractivity contribution in [2.45, 2.75) is 26.3 Å². The van der Waals surface area contributed by atoms with E-state index in [9.17, 15) is 9.59 Å². The molecule has 2 amide bonds. The molecule has 2 rings (SSSR count). The largest absolute Gasteiger partial charge is 0.348 e. The molecule has 0 atom stereocenters. The number of benzene rings is 1. The van der Waals surface area contributed by atoms with E-state index in [-0.39, 0.29) is 11.8 Å². The molecule has 2 N–H and O–H groups in total. The topological polar surface area (TPSA) is 71.1 Å². The number of carbonyl (C=O) groups is 2. The number of anilines is 1. The average Bonchev–Trinajstić information content (AvgIpc) is 2.60. The first kappa shape index (κ1) is 17.4. The second kappa shape index (κ2) is 9.25. The quantitative estimate of drug-likeness (QED) is 0.769. The van der Waals surface area contributed by atoms with Crippen LogP contribution in [-0.4, -0.2) is 16.8 Å². The molecule has 0 radical (unpaired) electrons. The van der Waals surface area contributed by atoms with Gasteiger partial charge in [-0.2, -0.15) is 0 Å². The fourth-order valence-corrected chi connectivity index (χ4v) is 2.05. The molecule has 5 heteroatoms. The van der Waals surface area contributed by atoms with E-state index >= 15 is 0 Å². The highest BCUT2D eigenvalue weighted by Gasteiger charge is 2.01. The van der Waals surface area contributed by atoms with E-state index < -0.39 is 0 Å². The minimum absolute atomic E-state index is 0.0137. The van der Waals surface area contributed by atoms with Crippen molar-refractivity contribution in [2.24, 2.45) is 0 Å². The van der Waals surface area contributed by atoms with Crippen molar-refractivity contribution in [1.29, 1.82) is 0 Å². The SMILES string of the molecule is CCCC(=O)Nc1ccc(CNC(=O)/C=C/c2ccncc2)cc1. The Kier molecular flexibility index (Phi) is 6.71. The lowest BCUT2D eigenvalue weighted by molar-refractivity contribution is -0.117. The number of pyridine rings is 1. The van der Waals surface area contributed by atoms with E-state index in [4.69, 9.17) is 0 Å². The van der Waals surface area contributed by atoms with Gasteiger partial charge in [-0.3, -0.25) is 14.6 Å². The molecule has 1 heterocycles. The van der Waals surface area contributed by atoms with Gasteiger partial charge in [-0.25, -0.2) is 0 Å². The summed E-state index contributed by atoms with van der Waals surface area (Å²) < 4.78 is 0. The molecule has 124 valence electrons. The van der Waals surface area contributed by atoms with Gasteiger partial charge in [0.05, 0.1) is 0 Å². The van der Waals surface area contributed by atoms with Crippen LogP contribution in [0.2, 0.25) is 0 Å². The maximum Gasteiger partial charge on any atom is 0.244 e. The third-order valence-electron chi connectivity index (χ3n) is 3.31. The number of carbonyl (C=O) groups excluding carboxylic acids is 2. The summed E-state index contributed by atoms with van der Waals surface area (Å²) in [6.45, 7) is 2.40. The van der Waals surface area contributed by atoms with Gasteiger partial charge in [0, 0.05) is 37.1 Å². The third-order valence-corrected chi connectivity index (χ3v) is 3.31. The van der Waals surface area contributed by atoms with Gasteiger partial charge in [0.25, 0.3) is 0 Å². The highest BCUT2D eigenvalue weighted by Crippen LogP contribution is 2.10. The van der Waals surface area contributed by atoms with Gasteiger partial charge in [0.2, 0.25) is 11.8 Å². The van der Waals surface area contributed by atoms with Gasteiger partial charge in [0.15, 0.2) is 0 Å². The second-order valence-electron chi connectivity index (χ2n) is 5.33. The molecule has 0 unspecified atom stereocenters. The molecule has 0 saturated heterocycles. The molecule has 0 spiro atoms. The van der Waals surface area contributed by atoms with Crippen molar-refractivity contribution in [3.63, 3.8) is 0 Å². The predicted octanol–water partition coefficient (Wildman–Crippen LogP) is 3.15. The predicted molar refractivity (Wildman–Crippen MR) is 95.1 cm³/mol. The van der Waals surface area contributed by atoms with E-state index in [0.29, 0.717) is 13.0 Å². The fraction of sp³-hybridized carbons (Fsp3) is 0.211. The molecule has 1 aromatic carbocycles. The molecule has 5 nitrogen and oxygen atoms in total. The zero-order valence-corrected chi connectivity index (χ0v) is 13.7. The number of hydrogen-bond acceptors (Lipinski definition) is 3. The zero-order valence-electron chi connectivity index (χ0n) is 13.7. The van der Waals surface area contributed by atoms with Crippen LogP contribution in [0.25, 0.3) is 6.08 Å². The minimum atomic E-state index is -0.160. The Labute approximate surface area is 141 Å². The summed E-state index contributed by atoms with van der Waals surface area (Å²) in [7, 11) is 0. The lowest BCUT2D eigenvalue weighted by atomic mass is 10.2. The summed E-state index contributed by atoms with van der Waals surface area (Å²) in [5.41, 5.74) is 2.66. The monoisotopic (exact) mass is 323 g/mol. The normalized spacial score (nSPS) is 10.5. The van der Waals surface area contributed by atoms with Crippen molar-refractivity contribution in [2.75, 3.05) is 5.32 Å². The Morgan fingerprint density at radius 2 is 1.79 bits per heavy atom. The zero-order chi connectivity index (χ0) is 17.2. The Balaban J connectivity index is 1.80. The van der Waals surface area contributed by atoms with Crippen molar-refractivity contribution in [1.82, 2.24) is 10.3 Å². The van der Waals surface area contributed by atoms with Crippen molar-refractivity contribution < 1.29 is 9.59 Å². The Morgan fingerprint density at radius 1 is 1.08 bits per heavy atom. The van der Waals surface area contributed by atoms with E-state index in [1.54, 1.807) is 18.5 Å². The van der Waals surface area contributed by atoms with Crippen molar-refractivity contribution in [3.05, 3.63) is 66.0 Å². The molecule has 0 aliphatic carbocycles. The first-order valence-corrected chi connectivity index (χ1v) is 7.92. The van der Waals surface area contributed by atoms with Gasteiger partial charge in [-0.15, -0.1) is 0 Å². The Bertz CT molecular complexity index is 694. The van der Waals surface area contributed by atoms with Gasteiger partial charge < -0.3 is 10.6 Å². The number of aromatic nitrogens is 1. The van der Waals surface area contributed by atoms with Crippen LogP contribution < -0.4 is 10.6 Å². The highest BCUT2D eigenvalue weighted by molar-refractivity contribution is 5.92. The lowest BCUT2D eigenvalue weighted by Crippen LogP contribution is -2.20. The van der Waals surface area contributed by atoms with Crippen LogP contribution in [0, 0.1) is 0 Å². The summed E-state index contributed by atoms with van der Waals surface area (Å²) >= 11 is 0. The maximum atomic E-state index is 11.8. The number of nitrogens with one attached hydrogen (secondary N) is 2. The first-order chi connectivity index (χ1) is 11.7. The van der Waals surface area contributed by atoms with Gasteiger partial charge in [-0.1, -0.05) is 19.1 Å². The number of amides is 2. The van der Waals surface area contributed by atoms with Crippen molar-refractivity contribution >= 4 is 23.6 Å². The van der Waals surface area contributed by atoms with E-state index in [1.165, 1.54) is 6.08 Å². The summed E-state index contributed by atoms with van der Waals surface area (Å²) in [6, 6.07) is 11.1.